The third-order valence-electron chi connectivity index (χ3n) is 2.47. The van der Waals surface area contributed by atoms with Crippen LogP contribution in [0, 0.1) is 0 Å². The molecule has 0 spiro atoms. The quantitative estimate of drug-likeness (QED) is 0.756. The fraction of sp³-hybridized carbons (Fsp3) is 0.500. The van der Waals surface area contributed by atoms with Crippen LogP contribution in [0.15, 0.2) is 17.5 Å². The molecule has 1 aromatic heterocycles. The maximum Gasteiger partial charge on any atom is 0.186 e. The van der Waals surface area contributed by atoms with Gasteiger partial charge in [0.2, 0.25) is 0 Å². The first-order valence-corrected chi connectivity index (χ1v) is 5.68. The van der Waals surface area contributed by atoms with Gasteiger partial charge in [-0.3, -0.25) is 9.69 Å². The Bertz CT molecular complexity index is 310. The van der Waals surface area contributed by atoms with E-state index >= 15 is 0 Å². The van der Waals surface area contributed by atoms with E-state index in [0.29, 0.717) is 6.54 Å². The molecule has 14 heavy (non-hydrogen) atoms. The molecule has 0 saturated carbocycles. The lowest BCUT2D eigenvalue weighted by atomic mass is 10.3. The largest absolute Gasteiger partial charge is 0.326 e. The summed E-state index contributed by atoms with van der Waals surface area (Å²) in [5, 5.41) is 1.93. The maximum atomic E-state index is 11.7. The highest BCUT2D eigenvalue weighted by atomic mass is 32.1. The lowest BCUT2D eigenvalue weighted by molar-refractivity contribution is 0.0949. The van der Waals surface area contributed by atoms with Gasteiger partial charge in [0.25, 0.3) is 0 Å². The van der Waals surface area contributed by atoms with Crippen molar-refractivity contribution in [3.05, 3.63) is 22.4 Å². The Kier molecular flexibility index (Phi) is 2.96. The normalized spacial score (nSPS) is 22.8. The monoisotopic (exact) mass is 210 g/mol. The summed E-state index contributed by atoms with van der Waals surface area (Å²) in [5.74, 6) is 0.217. The minimum Gasteiger partial charge on any atom is -0.326 e. The summed E-state index contributed by atoms with van der Waals surface area (Å²) in [6, 6.07) is 4.04. The van der Waals surface area contributed by atoms with Crippen LogP contribution >= 0.6 is 11.3 Å². The Morgan fingerprint density at radius 3 is 3.14 bits per heavy atom. The summed E-state index contributed by atoms with van der Waals surface area (Å²) >= 11 is 1.51. The van der Waals surface area contributed by atoms with Crippen LogP contribution in [0.25, 0.3) is 0 Å². The zero-order valence-corrected chi connectivity index (χ0v) is 8.80. The third-order valence-corrected chi connectivity index (χ3v) is 3.38. The van der Waals surface area contributed by atoms with Crippen LogP contribution in [-0.4, -0.2) is 36.4 Å². The van der Waals surface area contributed by atoms with Crippen molar-refractivity contribution in [3.63, 3.8) is 0 Å². The number of carbonyl (C=O) groups is 1. The number of hydrogen-bond acceptors (Lipinski definition) is 4. The molecule has 2 N–H and O–H groups in total. The standard InChI is InChI=1S/C10H14N2OS/c11-8-3-4-12(6-8)7-9(13)10-2-1-5-14-10/h1-2,5,8H,3-4,6-7,11H2/t8-/m1/s1. The SMILES string of the molecule is N[C@@H]1CCN(CC(=O)c2cccs2)C1. The van der Waals surface area contributed by atoms with Crippen molar-refractivity contribution in [2.75, 3.05) is 19.6 Å². The van der Waals surface area contributed by atoms with Gasteiger partial charge in [-0.25, -0.2) is 0 Å². The van der Waals surface area contributed by atoms with Crippen molar-refractivity contribution < 1.29 is 4.79 Å². The summed E-state index contributed by atoms with van der Waals surface area (Å²) in [7, 11) is 0. The summed E-state index contributed by atoms with van der Waals surface area (Å²) in [4.78, 5) is 14.7. The summed E-state index contributed by atoms with van der Waals surface area (Å²) in [6.07, 6.45) is 1.01. The zero-order valence-electron chi connectivity index (χ0n) is 7.98. The molecular weight excluding hydrogens is 196 g/mol. The predicted molar refractivity (Wildman–Crippen MR) is 57.7 cm³/mol. The minimum absolute atomic E-state index is 0.217. The van der Waals surface area contributed by atoms with E-state index in [0.717, 1.165) is 24.4 Å². The molecule has 1 aliphatic heterocycles. The number of thiophene rings is 1. The summed E-state index contributed by atoms with van der Waals surface area (Å²) in [6.45, 7) is 2.34. The van der Waals surface area contributed by atoms with Gasteiger partial charge in [-0.2, -0.15) is 0 Å². The third kappa shape index (κ3) is 2.20. The molecule has 0 unspecified atom stereocenters. The van der Waals surface area contributed by atoms with Crippen LogP contribution in [0.5, 0.6) is 0 Å². The van der Waals surface area contributed by atoms with Gasteiger partial charge >= 0.3 is 0 Å². The number of nitrogens with zero attached hydrogens (tertiary/aromatic N) is 1. The van der Waals surface area contributed by atoms with E-state index < -0.39 is 0 Å². The molecule has 1 atom stereocenters. The Morgan fingerprint density at radius 1 is 1.71 bits per heavy atom. The predicted octanol–water partition coefficient (Wildman–Crippen LogP) is 0.964. The average Bonchev–Trinajstić information content (AvgIpc) is 2.75. The Hall–Kier alpha value is -0.710. The van der Waals surface area contributed by atoms with Gasteiger partial charge in [-0.05, 0) is 17.9 Å². The summed E-state index contributed by atoms with van der Waals surface area (Å²) < 4.78 is 0. The number of ketones is 1. The van der Waals surface area contributed by atoms with E-state index in [1.54, 1.807) is 0 Å². The second kappa shape index (κ2) is 4.21. The highest BCUT2D eigenvalue weighted by Gasteiger charge is 2.21. The molecule has 0 amide bonds. The molecule has 0 bridgehead atoms. The second-order valence-corrected chi connectivity index (χ2v) is 4.63. The highest BCUT2D eigenvalue weighted by molar-refractivity contribution is 7.12. The smallest absolute Gasteiger partial charge is 0.186 e. The van der Waals surface area contributed by atoms with Crippen LogP contribution in [-0.2, 0) is 0 Å². The first-order chi connectivity index (χ1) is 6.75. The number of likely N-dealkylation sites (tertiary alicyclic amines) is 1. The Balaban J connectivity index is 1.89. The van der Waals surface area contributed by atoms with E-state index in [4.69, 9.17) is 5.73 Å². The zero-order chi connectivity index (χ0) is 9.97. The van der Waals surface area contributed by atoms with E-state index in [2.05, 4.69) is 4.90 Å². The van der Waals surface area contributed by atoms with Gasteiger partial charge in [-0.1, -0.05) is 6.07 Å². The summed E-state index contributed by atoms with van der Waals surface area (Å²) in [5.41, 5.74) is 5.77. The van der Waals surface area contributed by atoms with E-state index in [9.17, 15) is 4.79 Å². The molecule has 1 fully saturated rings. The number of Topliss-reactive ketones (excluding diaryl/α,β-unsaturated/α-hetero) is 1. The first-order valence-electron chi connectivity index (χ1n) is 4.80. The number of nitrogens with two attached hydrogens (primary N) is 1. The van der Waals surface area contributed by atoms with Crippen molar-refractivity contribution in [3.8, 4) is 0 Å². The van der Waals surface area contributed by atoms with Crippen LogP contribution in [0.1, 0.15) is 16.1 Å². The minimum atomic E-state index is 0.217. The molecule has 1 saturated heterocycles. The molecule has 0 radical (unpaired) electrons. The molecule has 3 nitrogen and oxygen atoms in total. The number of carbonyl (C=O) groups excluding carboxylic acids is 1. The van der Waals surface area contributed by atoms with Gasteiger partial charge in [0.15, 0.2) is 5.78 Å². The molecule has 76 valence electrons. The molecule has 1 aliphatic rings. The van der Waals surface area contributed by atoms with Gasteiger partial charge in [0.05, 0.1) is 11.4 Å². The molecule has 0 aliphatic carbocycles. The van der Waals surface area contributed by atoms with Crippen molar-refractivity contribution in [2.45, 2.75) is 12.5 Å². The maximum absolute atomic E-state index is 11.7. The second-order valence-electron chi connectivity index (χ2n) is 3.68. The molecule has 1 aromatic rings. The fourth-order valence-electron chi connectivity index (χ4n) is 1.72. The van der Waals surface area contributed by atoms with Crippen LogP contribution < -0.4 is 5.73 Å². The van der Waals surface area contributed by atoms with Gasteiger partial charge in [0, 0.05) is 19.1 Å². The molecular formula is C10H14N2OS. The Morgan fingerprint density at radius 2 is 2.57 bits per heavy atom. The van der Waals surface area contributed by atoms with Crippen molar-refractivity contribution in [1.29, 1.82) is 0 Å². The Labute approximate surface area is 87.5 Å². The first kappa shape index (κ1) is 9.83. The lowest BCUT2D eigenvalue weighted by Crippen LogP contribution is -2.30. The van der Waals surface area contributed by atoms with Crippen molar-refractivity contribution in [1.82, 2.24) is 4.90 Å². The lowest BCUT2D eigenvalue weighted by Gasteiger charge is -2.12. The average molecular weight is 210 g/mol. The topological polar surface area (TPSA) is 46.3 Å². The molecule has 2 heterocycles. The van der Waals surface area contributed by atoms with E-state index in [1.165, 1.54) is 11.3 Å². The van der Waals surface area contributed by atoms with Crippen molar-refractivity contribution in [2.24, 2.45) is 5.73 Å². The molecule has 4 heteroatoms. The van der Waals surface area contributed by atoms with E-state index in [1.807, 2.05) is 17.5 Å². The van der Waals surface area contributed by atoms with Gasteiger partial charge in [0.1, 0.15) is 0 Å². The fourth-order valence-corrected chi connectivity index (χ4v) is 2.38. The number of rotatable bonds is 3. The molecule has 2 rings (SSSR count). The van der Waals surface area contributed by atoms with E-state index in [-0.39, 0.29) is 11.8 Å². The number of hydrogen-bond donors (Lipinski definition) is 1. The van der Waals surface area contributed by atoms with Crippen LogP contribution in [0.4, 0.5) is 0 Å². The van der Waals surface area contributed by atoms with Crippen LogP contribution in [0.2, 0.25) is 0 Å². The van der Waals surface area contributed by atoms with Gasteiger partial charge < -0.3 is 5.73 Å². The molecule has 0 aromatic carbocycles. The highest BCUT2D eigenvalue weighted by Crippen LogP contribution is 2.12. The van der Waals surface area contributed by atoms with Crippen LogP contribution in [0.3, 0.4) is 0 Å². The van der Waals surface area contributed by atoms with Crippen molar-refractivity contribution >= 4 is 17.1 Å². The van der Waals surface area contributed by atoms with Gasteiger partial charge in [-0.15, -0.1) is 11.3 Å².